The number of ether oxygens (including phenoxy) is 1. The number of carbonyl (C=O) groups excluding carboxylic acids is 2. The van der Waals surface area contributed by atoms with Gasteiger partial charge in [0.25, 0.3) is 5.91 Å². The highest BCUT2D eigenvalue weighted by Crippen LogP contribution is 2.12. The van der Waals surface area contributed by atoms with Gasteiger partial charge in [-0.2, -0.15) is 0 Å². The van der Waals surface area contributed by atoms with Crippen molar-refractivity contribution in [2.24, 2.45) is 0 Å². The lowest BCUT2D eigenvalue weighted by atomic mass is 10.1. The highest BCUT2D eigenvalue weighted by atomic mass is 19.1. The molecule has 20 heavy (non-hydrogen) atoms. The molecule has 1 aromatic carbocycles. The third-order valence-electron chi connectivity index (χ3n) is 2.51. The van der Waals surface area contributed by atoms with Crippen LogP contribution in [0.5, 0.6) is 0 Å². The summed E-state index contributed by atoms with van der Waals surface area (Å²) in [6.07, 6.45) is 0.233. The molecule has 4 nitrogen and oxygen atoms in total. The van der Waals surface area contributed by atoms with Crippen molar-refractivity contribution < 1.29 is 23.1 Å². The second-order valence-corrected chi connectivity index (χ2v) is 4.98. The lowest BCUT2D eigenvalue weighted by molar-refractivity contribution is -0.145. The standard InChI is InChI=1S/C14H17F2NO3/c1-4-12(18)20-8-14(2,3)17-13(19)10-6-5-9(15)7-11(10)16/h5-7H,4,8H2,1-3H3,(H,17,19). The van der Waals surface area contributed by atoms with Crippen molar-refractivity contribution >= 4 is 11.9 Å². The number of hydrogen-bond donors (Lipinski definition) is 1. The normalized spacial score (nSPS) is 11.1. The van der Waals surface area contributed by atoms with E-state index in [9.17, 15) is 18.4 Å². The Kier molecular flexibility index (Phi) is 5.19. The van der Waals surface area contributed by atoms with E-state index in [0.717, 1.165) is 12.1 Å². The predicted octanol–water partition coefficient (Wildman–Crippen LogP) is 2.43. The van der Waals surface area contributed by atoms with Crippen molar-refractivity contribution in [3.05, 3.63) is 35.4 Å². The number of nitrogens with one attached hydrogen (secondary N) is 1. The Hall–Kier alpha value is -1.98. The largest absolute Gasteiger partial charge is 0.463 e. The van der Waals surface area contributed by atoms with Crippen molar-refractivity contribution in [2.45, 2.75) is 32.7 Å². The highest BCUT2D eigenvalue weighted by Gasteiger charge is 2.24. The topological polar surface area (TPSA) is 55.4 Å². The molecule has 0 fully saturated rings. The Morgan fingerprint density at radius 1 is 1.30 bits per heavy atom. The zero-order valence-electron chi connectivity index (χ0n) is 11.6. The van der Waals surface area contributed by atoms with Gasteiger partial charge in [0.2, 0.25) is 0 Å². The van der Waals surface area contributed by atoms with E-state index in [1.165, 1.54) is 0 Å². The van der Waals surface area contributed by atoms with Crippen LogP contribution >= 0.6 is 0 Å². The number of hydrogen-bond acceptors (Lipinski definition) is 3. The first-order valence-corrected chi connectivity index (χ1v) is 6.18. The second-order valence-electron chi connectivity index (χ2n) is 4.98. The zero-order valence-corrected chi connectivity index (χ0v) is 11.6. The quantitative estimate of drug-likeness (QED) is 0.845. The van der Waals surface area contributed by atoms with Crippen LogP contribution in [0.15, 0.2) is 18.2 Å². The summed E-state index contributed by atoms with van der Waals surface area (Å²) >= 11 is 0. The molecule has 0 aliphatic heterocycles. The van der Waals surface area contributed by atoms with Gasteiger partial charge in [-0.15, -0.1) is 0 Å². The van der Waals surface area contributed by atoms with Crippen LogP contribution in [-0.2, 0) is 9.53 Å². The fourth-order valence-electron chi connectivity index (χ4n) is 1.45. The minimum Gasteiger partial charge on any atom is -0.463 e. The van der Waals surface area contributed by atoms with Gasteiger partial charge in [0, 0.05) is 12.5 Å². The molecule has 0 bridgehead atoms. The van der Waals surface area contributed by atoms with Gasteiger partial charge in [0.15, 0.2) is 0 Å². The first-order chi connectivity index (χ1) is 9.25. The molecule has 0 heterocycles. The second kappa shape index (κ2) is 6.45. The summed E-state index contributed by atoms with van der Waals surface area (Å²) in [5.74, 6) is -2.78. The molecule has 0 unspecified atom stereocenters. The van der Waals surface area contributed by atoms with E-state index >= 15 is 0 Å². The van der Waals surface area contributed by atoms with Crippen LogP contribution in [0.1, 0.15) is 37.6 Å². The molecule has 0 spiro atoms. The van der Waals surface area contributed by atoms with E-state index in [-0.39, 0.29) is 24.6 Å². The number of halogens is 2. The lowest BCUT2D eigenvalue weighted by Gasteiger charge is -2.25. The van der Waals surface area contributed by atoms with Crippen LogP contribution in [-0.4, -0.2) is 24.0 Å². The molecule has 1 N–H and O–H groups in total. The van der Waals surface area contributed by atoms with Crippen molar-refractivity contribution in [3.8, 4) is 0 Å². The number of carbonyl (C=O) groups is 2. The Labute approximate surface area is 116 Å². The molecule has 0 aromatic heterocycles. The molecule has 0 saturated carbocycles. The summed E-state index contributed by atoms with van der Waals surface area (Å²) in [5, 5.41) is 2.53. The van der Waals surface area contributed by atoms with Gasteiger partial charge in [0.1, 0.15) is 18.2 Å². The van der Waals surface area contributed by atoms with E-state index in [0.29, 0.717) is 6.07 Å². The van der Waals surface area contributed by atoms with E-state index < -0.39 is 23.1 Å². The van der Waals surface area contributed by atoms with Crippen LogP contribution < -0.4 is 5.32 Å². The third-order valence-corrected chi connectivity index (χ3v) is 2.51. The Bertz CT molecular complexity index is 515. The maximum absolute atomic E-state index is 13.5. The molecule has 0 saturated heterocycles. The molecule has 110 valence electrons. The van der Waals surface area contributed by atoms with Crippen molar-refractivity contribution in [1.29, 1.82) is 0 Å². The van der Waals surface area contributed by atoms with Gasteiger partial charge in [-0.3, -0.25) is 9.59 Å². The average molecular weight is 285 g/mol. The molecule has 1 aromatic rings. The Morgan fingerprint density at radius 3 is 2.50 bits per heavy atom. The Balaban J connectivity index is 2.71. The van der Waals surface area contributed by atoms with Crippen LogP contribution in [0, 0.1) is 11.6 Å². The minimum atomic E-state index is -0.941. The molecule has 6 heteroatoms. The lowest BCUT2D eigenvalue weighted by Crippen LogP contribution is -2.47. The molecule has 1 rings (SSSR count). The summed E-state index contributed by atoms with van der Waals surface area (Å²) < 4.78 is 31.2. The third kappa shape index (κ3) is 4.60. The van der Waals surface area contributed by atoms with Gasteiger partial charge in [-0.25, -0.2) is 8.78 Å². The molecule has 0 atom stereocenters. The van der Waals surface area contributed by atoms with Crippen molar-refractivity contribution in [3.63, 3.8) is 0 Å². The van der Waals surface area contributed by atoms with Crippen LogP contribution in [0.4, 0.5) is 8.78 Å². The Morgan fingerprint density at radius 2 is 1.95 bits per heavy atom. The molecular formula is C14H17F2NO3. The van der Waals surface area contributed by atoms with Gasteiger partial charge >= 0.3 is 5.97 Å². The number of amides is 1. The van der Waals surface area contributed by atoms with Crippen molar-refractivity contribution in [1.82, 2.24) is 5.32 Å². The monoisotopic (exact) mass is 285 g/mol. The van der Waals surface area contributed by atoms with Gasteiger partial charge in [-0.05, 0) is 26.0 Å². The van der Waals surface area contributed by atoms with Crippen LogP contribution in [0.2, 0.25) is 0 Å². The summed E-state index contributed by atoms with van der Waals surface area (Å²) in [7, 11) is 0. The summed E-state index contributed by atoms with van der Waals surface area (Å²) in [6, 6.07) is 2.70. The fourth-order valence-corrected chi connectivity index (χ4v) is 1.45. The smallest absolute Gasteiger partial charge is 0.305 e. The maximum Gasteiger partial charge on any atom is 0.305 e. The predicted molar refractivity (Wildman–Crippen MR) is 69.2 cm³/mol. The average Bonchev–Trinajstić information content (AvgIpc) is 2.35. The van der Waals surface area contributed by atoms with Crippen LogP contribution in [0.25, 0.3) is 0 Å². The van der Waals surface area contributed by atoms with Gasteiger partial charge in [0.05, 0.1) is 11.1 Å². The number of rotatable bonds is 5. The van der Waals surface area contributed by atoms with Crippen LogP contribution in [0.3, 0.4) is 0 Å². The molecule has 0 radical (unpaired) electrons. The summed E-state index contributed by atoms with van der Waals surface area (Å²) in [6.45, 7) is 4.89. The number of esters is 1. The van der Waals surface area contributed by atoms with Gasteiger partial charge < -0.3 is 10.1 Å². The molecule has 0 aliphatic carbocycles. The summed E-state index contributed by atoms with van der Waals surface area (Å²) in [5.41, 5.74) is -1.12. The fraction of sp³-hybridized carbons (Fsp3) is 0.429. The van der Waals surface area contributed by atoms with Crippen molar-refractivity contribution in [2.75, 3.05) is 6.61 Å². The minimum absolute atomic E-state index is 0.0335. The SMILES string of the molecule is CCC(=O)OCC(C)(C)NC(=O)c1ccc(F)cc1F. The van der Waals surface area contributed by atoms with E-state index in [4.69, 9.17) is 4.74 Å². The maximum atomic E-state index is 13.5. The molecule has 1 amide bonds. The van der Waals surface area contributed by atoms with E-state index in [1.54, 1.807) is 20.8 Å². The highest BCUT2D eigenvalue weighted by molar-refractivity contribution is 5.94. The zero-order chi connectivity index (χ0) is 15.3. The first kappa shape index (κ1) is 16.1. The first-order valence-electron chi connectivity index (χ1n) is 6.18. The van der Waals surface area contributed by atoms with E-state index in [1.807, 2.05) is 0 Å². The number of benzene rings is 1. The summed E-state index contributed by atoms with van der Waals surface area (Å²) in [4.78, 5) is 23.0. The van der Waals surface area contributed by atoms with E-state index in [2.05, 4.69) is 5.32 Å². The molecular weight excluding hydrogens is 268 g/mol. The van der Waals surface area contributed by atoms with Gasteiger partial charge in [-0.1, -0.05) is 6.92 Å². The molecule has 0 aliphatic rings.